The number of rotatable bonds is 6. The fourth-order valence-corrected chi connectivity index (χ4v) is 2.20. The third-order valence-electron chi connectivity index (χ3n) is 3.40. The largest absolute Gasteiger partial charge is 0.352 e. The maximum atomic E-state index is 13.7. The quantitative estimate of drug-likeness (QED) is 0.831. The van der Waals surface area contributed by atoms with Crippen molar-refractivity contribution in [3.8, 4) is 11.1 Å². The van der Waals surface area contributed by atoms with Crippen molar-refractivity contribution in [3.05, 3.63) is 59.9 Å². The van der Waals surface area contributed by atoms with Crippen LogP contribution >= 0.6 is 0 Å². The minimum Gasteiger partial charge on any atom is -0.352 e. The molecule has 4 heteroatoms. The lowest BCUT2D eigenvalue weighted by molar-refractivity contribution is 0.0952. The third kappa shape index (κ3) is 4.40. The van der Waals surface area contributed by atoms with Gasteiger partial charge in [0.1, 0.15) is 5.82 Å². The van der Waals surface area contributed by atoms with Crippen LogP contribution in [-0.2, 0) is 0 Å². The molecular formula is C18H21FN2O. The summed E-state index contributed by atoms with van der Waals surface area (Å²) in [5.41, 5.74) is 1.90. The van der Waals surface area contributed by atoms with Gasteiger partial charge in [-0.15, -0.1) is 0 Å². The van der Waals surface area contributed by atoms with Crippen LogP contribution in [0.3, 0.4) is 0 Å². The number of halogens is 1. The van der Waals surface area contributed by atoms with E-state index in [-0.39, 0.29) is 11.7 Å². The lowest BCUT2D eigenvalue weighted by Gasteiger charge is -2.10. The van der Waals surface area contributed by atoms with Gasteiger partial charge in [0.05, 0.1) is 0 Å². The van der Waals surface area contributed by atoms with E-state index in [1.165, 1.54) is 6.07 Å². The van der Waals surface area contributed by atoms with Gasteiger partial charge in [0, 0.05) is 17.7 Å². The Bertz CT molecular complexity index is 623. The summed E-state index contributed by atoms with van der Waals surface area (Å²) < 4.78 is 13.7. The molecule has 0 spiro atoms. The smallest absolute Gasteiger partial charge is 0.251 e. The molecule has 0 fully saturated rings. The predicted octanol–water partition coefficient (Wildman–Crippen LogP) is 3.17. The highest BCUT2D eigenvalue weighted by Gasteiger charge is 2.07. The van der Waals surface area contributed by atoms with Gasteiger partial charge in [0.25, 0.3) is 5.91 Å². The second kappa shape index (κ2) is 7.71. The summed E-state index contributed by atoms with van der Waals surface area (Å²) in [4.78, 5) is 14.1. The van der Waals surface area contributed by atoms with Crippen molar-refractivity contribution in [1.82, 2.24) is 10.2 Å². The van der Waals surface area contributed by atoms with Crippen molar-refractivity contribution < 1.29 is 9.18 Å². The van der Waals surface area contributed by atoms with E-state index in [2.05, 4.69) is 10.2 Å². The summed E-state index contributed by atoms with van der Waals surface area (Å²) in [6.07, 6.45) is 0.909. The summed E-state index contributed by atoms with van der Waals surface area (Å²) in [6.45, 7) is 1.58. The molecule has 116 valence electrons. The summed E-state index contributed by atoms with van der Waals surface area (Å²) in [7, 11) is 4.01. The normalized spacial score (nSPS) is 10.7. The molecule has 0 unspecified atom stereocenters. The molecule has 3 nitrogen and oxygen atoms in total. The molecule has 2 aromatic carbocycles. The Morgan fingerprint density at radius 3 is 2.41 bits per heavy atom. The standard InChI is InChI=1S/C18H21FN2O/c1-21(2)13-5-12-20-18(22)15-10-8-14(9-11-15)16-6-3-4-7-17(16)19/h3-4,6-11H,5,12-13H2,1-2H3,(H,20,22). The van der Waals surface area contributed by atoms with E-state index in [9.17, 15) is 9.18 Å². The van der Waals surface area contributed by atoms with Crippen LogP contribution in [0.25, 0.3) is 11.1 Å². The molecule has 22 heavy (non-hydrogen) atoms. The first-order valence-electron chi connectivity index (χ1n) is 7.36. The number of carbonyl (C=O) groups excluding carboxylic acids is 1. The maximum Gasteiger partial charge on any atom is 0.251 e. The SMILES string of the molecule is CN(C)CCCNC(=O)c1ccc(-c2ccccc2F)cc1. The molecule has 0 aliphatic carbocycles. The Kier molecular flexibility index (Phi) is 5.67. The van der Waals surface area contributed by atoms with Gasteiger partial charge in [0.15, 0.2) is 0 Å². The number of nitrogens with one attached hydrogen (secondary N) is 1. The topological polar surface area (TPSA) is 32.3 Å². The van der Waals surface area contributed by atoms with Crippen molar-refractivity contribution in [3.63, 3.8) is 0 Å². The zero-order chi connectivity index (χ0) is 15.9. The number of carbonyl (C=O) groups is 1. The second-order valence-electron chi connectivity index (χ2n) is 5.47. The summed E-state index contributed by atoms with van der Waals surface area (Å²) >= 11 is 0. The average molecular weight is 300 g/mol. The highest BCUT2D eigenvalue weighted by Crippen LogP contribution is 2.22. The number of amides is 1. The molecule has 0 bridgehead atoms. The van der Waals surface area contributed by atoms with Gasteiger partial charge < -0.3 is 10.2 Å². The molecule has 0 saturated heterocycles. The van der Waals surface area contributed by atoms with Gasteiger partial charge in [-0.3, -0.25) is 4.79 Å². The summed E-state index contributed by atoms with van der Waals surface area (Å²) in [5, 5.41) is 2.89. The highest BCUT2D eigenvalue weighted by atomic mass is 19.1. The van der Waals surface area contributed by atoms with Crippen LogP contribution in [-0.4, -0.2) is 38.0 Å². The molecular weight excluding hydrogens is 279 g/mol. The lowest BCUT2D eigenvalue weighted by Crippen LogP contribution is -2.27. The zero-order valence-corrected chi connectivity index (χ0v) is 13.0. The zero-order valence-electron chi connectivity index (χ0n) is 13.0. The predicted molar refractivity (Wildman–Crippen MR) is 87.3 cm³/mol. The summed E-state index contributed by atoms with van der Waals surface area (Å²) in [6, 6.07) is 13.6. The minimum absolute atomic E-state index is 0.0983. The van der Waals surface area contributed by atoms with Crippen LogP contribution in [0.1, 0.15) is 16.8 Å². The number of hydrogen-bond donors (Lipinski definition) is 1. The fourth-order valence-electron chi connectivity index (χ4n) is 2.20. The average Bonchev–Trinajstić information content (AvgIpc) is 2.52. The molecule has 2 rings (SSSR count). The van der Waals surface area contributed by atoms with Gasteiger partial charge >= 0.3 is 0 Å². The summed E-state index contributed by atoms with van der Waals surface area (Å²) in [5.74, 6) is -0.359. The molecule has 0 aromatic heterocycles. The van der Waals surface area contributed by atoms with Crippen LogP contribution < -0.4 is 5.32 Å². The van der Waals surface area contributed by atoms with E-state index >= 15 is 0 Å². The molecule has 2 aromatic rings. The van der Waals surface area contributed by atoms with Crippen molar-refractivity contribution in [1.29, 1.82) is 0 Å². The second-order valence-corrected chi connectivity index (χ2v) is 5.47. The van der Waals surface area contributed by atoms with Gasteiger partial charge in [-0.05, 0) is 50.8 Å². The van der Waals surface area contributed by atoms with Gasteiger partial charge in [-0.25, -0.2) is 4.39 Å². The first-order chi connectivity index (χ1) is 10.6. The van der Waals surface area contributed by atoms with Crippen LogP contribution in [0, 0.1) is 5.82 Å². The van der Waals surface area contributed by atoms with E-state index in [1.54, 1.807) is 42.5 Å². The van der Waals surface area contributed by atoms with Gasteiger partial charge in [-0.2, -0.15) is 0 Å². The number of nitrogens with zero attached hydrogens (tertiary/aromatic N) is 1. The molecule has 0 saturated carbocycles. The Morgan fingerprint density at radius 2 is 1.77 bits per heavy atom. The Morgan fingerprint density at radius 1 is 1.09 bits per heavy atom. The van der Waals surface area contributed by atoms with E-state index in [0.717, 1.165) is 18.5 Å². The van der Waals surface area contributed by atoms with Crippen molar-refractivity contribution in [2.24, 2.45) is 0 Å². The maximum absolute atomic E-state index is 13.7. The molecule has 0 atom stereocenters. The lowest BCUT2D eigenvalue weighted by atomic mass is 10.0. The van der Waals surface area contributed by atoms with Crippen molar-refractivity contribution >= 4 is 5.91 Å². The Labute approximate surface area is 130 Å². The van der Waals surface area contributed by atoms with Crippen LogP contribution in [0.4, 0.5) is 4.39 Å². The van der Waals surface area contributed by atoms with Crippen LogP contribution in [0.2, 0.25) is 0 Å². The van der Waals surface area contributed by atoms with Gasteiger partial charge in [0.2, 0.25) is 0 Å². The molecule has 0 aliphatic heterocycles. The van der Waals surface area contributed by atoms with Crippen molar-refractivity contribution in [2.75, 3.05) is 27.2 Å². The fraction of sp³-hybridized carbons (Fsp3) is 0.278. The van der Waals surface area contributed by atoms with E-state index < -0.39 is 0 Å². The Hall–Kier alpha value is -2.20. The van der Waals surface area contributed by atoms with E-state index in [0.29, 0.717) is 17.7 Å². The Balaban J connectivity index is 1.97. The molecule has 1 amide bonds. The molecule has 0 heterocycles. The van der Waals surface area contributed by atoms with Crippen LogP contribution in [0.5, 0.6) is 0 Å². The highest BCUT2D eigenvalue weighted by molar-refractivity contribution is 5.94. The van der Waals surface area contributed by atoms with E-state index in [1.807, 2.05) is 14.1 Å². The van der Waals surface area contributed by atoms with Crippen molar-refractivity contribution in [2.45, 2.75) is 6.42 Å². The molecule has 0 radical (unpaired) electrons. The molecule has 0 aliphatic rings. The van der Waals surface area contributed by atoms with E-state index in [4.69, 9.17) is 0 Å². The van der Waals surface area contributed by atoms with Gasteiger partial charge in [-0.1, -0.05) is 30.3 Å². The monoisotopic (exact) mass is 300 g/mol. The number of hydrogen-bond acceptors (Lipinski definition) is 2. The first-order valence-corrected chi connectivity index (χ1v) is 7.36. The molecule has 1 N–H and O–H groups in total. The minimum atomic E-state index is -0.261. The third-order valence-corrected chi connectivity index (χ3v) is 3.40. The number of benzene rings is 2. The first kappa shape index (κ1) is 16.2. The van der Waals surface area contributed by atoms with Crippen LogP contribution in [0.15, 0.2) is 48.5 Å².